The van der Waals surface area contributed by atoms with E-state index in [1.54, 1.807) is 24.3 Å². The summed E-state index contributed by atoms with van der Waals surface area (Å²) < 4.78 is 25.3. The van der Waals surface area contributed by atoms with Crippen molar-refractivity contribution in [3.05, 3.63) is 59.7 Å². The van der Waals surface area contributed by atoms with Crippen LogP contribution >= 0.6 is 0 Å². The first-order valence-corrected chi connectivity index (χ1v) is 8.56. The summed E-state index contributed by atoms with van der Waals surface area (Å²) >= 11 is 0. The standard InChI is InChI=1S/C16H18N4O3S/c1-11-3-7-13(8-4-11)19-20-16(15(21)18-17)24(22,23)14-9-5-12(2)6-10-14/h3-10,19H,17H2,1-2H3,(H,18,21)/b20-16-. The summed E-state index contributed by atoms with van der Waals surface area (Å²) in [6.45, 7) is 3.75. The van der Waals surface area contributed by atoms with Gasteiger partial charge in [0.15, 0.2) is 0 Å². The van der Waals surface area contributed by atoms with Crippen LogP contribution in [-0.4, -0.2) is 19.4 Å². The predicted molar refractivity (Wildman–Crippen MR) is 92.9 cm³/mol. The summed E-state index contributed by atoms with van der Waals surface area (Å²) in [6.07, 6.45) is 0. The van der Waals surface area contributed by atoms with Crippen LogP contribution in [-0.2, 0) is 14.6 Å². The minimum Gasteiger partial charge on any atom is -0.288 e. The van der Waals surface area contributed by atoms with Crippen LogP contribution in [0.5, 0.6) is 0 Å². The van der Waals surface area contributed by atoms with E-state index in [9.17, 15) is 13.2 Å². The molecule has 0 aliphatic heterocycles. The number of nitrogens with zero attached hydrogens (tertiary/aromatic N) is 1. The molecule has 0 saturated heterocycles. The van der Waals surface area contributed by atoms with E-state index >= 15 is 0 Å². The molecule has 0 spiro atoms. The Bertz CT molecular complexity index is 857. The number of nitrogens with one attached hydrogen (secondary N) is 2. The number of hydrazone groups is 1. The van der Waals surface area contributed by atoms with Gasteiger partial charge in [0.05, 0.1) is 10.6 Å². The molecule has 0 aliphatic rings. The molecule has 0 atom stereocenters. The molecule has 0 aliphatic carbocycles. The maximum absolute atomic E-state index is 12.6. The minimum absolute atomic E-state index is 0.0406. The number of hydrogen-bond acceptors (Lipinski definition) is 6. The second-order valence-electron chi connectivity index (χ2n) is 5.18. The number of anilines is 1. The van der Waals surface area contributed by atoms with Crippen molar-refractivity contribution in [1.29, 1.82) is 0 Å². The highest BCUT2D eigenvalue weighted by molar-refractivity contribution is 8.08. The van der Waals surface area contributed by atoms with Gasteiger partial charge in [-0.2, -0.15) is 5.10 Å². The van der Waals surface area contributed by atoms with Gasteiger partial charge in [-0.3, -0.25) is 15.6 Å². The van der Waals surface area contributed by atoms with E-state index < -0.39 is 20.8 Å². The third kappa shape index (κ3) is 3.98. The van der Waals surface area contributed by atoms with Gasteiger partial charge in [0.1, 0.15) is 0 Å². The number of carbonyl (C=O) groups is 1. The zero-order chi connectivity index (χ0) is 17.7. The highest BCUT2D eigenvalue weighted by Crippen LogP contribution is 2.15. The average Bonchev–Trinajstić information content (AvgIpc) is 2.56. The molecule has 4 N–H and O–H groups in total. The van der Waals surface area contributed by atoms with Crippen LogP contribution < -0.4 is 16.7 Å². The molecule has 0 saturated carbocycles. The maximum atomic E-state index is 12.6. The zero-order valence-electron chi connectivity index (χ0n) is 13.3. The Balaban J connectivity index is 2.40. The fraction of sp³-hybridized carbons (Fsp3) is 0.125. The first-order valence-electron chi connectivity index (χ1n) is 7.07. The SMILES string of the molecule is Cc1ccc(N/N=C(/C(=O)NN)S(=O)(=O)c2ccc(C)cc2)cc1. The summed E-state index contributed by atoms with van der Waals surface area (Å²) in [5.41, 5.74) is 6.85. The molecule has 126 valence electrons. The third-order valence-corrected chi connectivity index (χ3v) is 4.93. The number of carbonyl (C=O) groups excluding carboxylic acids is 1. The largest absolute Gasteiger partial charge is 0.297 e. The number of hydrazine groups is 1. The minimum atomic E-state index is -4.11. The Morgan fingerprint density at radius 2 is 1.46 bits per heavy atom. The topological polar surface area (TPSA) is 114 Å². The summed E-state index contributed by atoms with van der Waals surface area (Å²) in [7, 11) is -4.11. The van der Waals surface area contributed by atoms with E-state index in [2.05, 4.69) is 10.5 Å². The van der Waals surface area contributed by atoms with Gasteiger partial charge in [-0.05, 0) is 38.1 Å². The first kappa shape index (κ1) is 17.6. The fourth-order valence-electron chi connectivity index (χ4n) is 1.87. The molecular weight excluding hydrogens is 328 g/mol. The Hall–Kier alpha value is -2.71. The van der Waals surface area contributed by atoms with Gasteiger partial charge < -0.3 is 0 Å². The number of benzene rings is 2. The number of hydrogen-bond donors (Lipinski definition) is 3. The van der Waals surface area contributed by atoms with Crippen molar-refractivity contribution in [2.45, 2.75) is 18.7 Å². The van der Waals surface area contributed by atoms with E-state index in [4.69, 9.17) is 5.84 Å². The summed E-state index contributed by atoms with van der Waals surface area (Å²) in [6, 6.07) is 13.2. The molecule has 2 rings (SSSR count). The zero-order valence-corrected chi connectivity index (χ0v) is 14.1. The third-order valence-electron chi connectivity index (χ3n) is 3.25. The monoisotopic (exact) mass is 346 g/mol. The van der Waals surface area contributed by atoms with Crippen LogP contribution in [0.2, 0.25) is 0 Å². The molecule has 7 nitrogen and oxygen atoms in total. The smallest absolute Gasteiger partial charge is 0.288 e. The van der Waals surface area contributed by atoms with Crippen molar-refractivity contribution in [1.82, 2.24) is 5.43 Å². The van der Waals surface area contributed by atoms with Crippen LogP contribution in [0.3, 0.4) is 0 Å². The lowest BCUT2D eigenvalue weighted by Crippen LogP contribution is -2.40. The van der Waals surface area contributed by atoms with E-state index in [0.717, 1.165) is 11.1 Å². The molecule has 2 aromatic rings. The predicted octanol–water partition coefficient (Wildman–Crippen LogP) is 1.49. The highest BCUT2D eigenvalue weighted by Gasteiger charge is 2.29. The van der Waals surface area contributed by atoms with E-state index in [1.165, 1.54) is 12.1 Å². The van der Waals surface area contributed by atoms with Crippen LogP contribution in [0, 0.1) is 13.8 Å². The van der Waals surface area contributed by atoms with Crippen molar-refractivity contribution >= 4 is 26.5 Å². The molecule has 0 heterocycles. The second kappa shape index (κ2) is 7.24. The van der Waals surface area contributed by atoms with Gasteiger partial charge in [0.2, 0.25) is 14.9 Å². The van der Waals surface area contributed by atoms with Crippen LogP contribution in [0.25, 0.3) is 0 Å². The van der Waals surface area contributed by atoms with Crippen molar-refractivity contribution in [2.24, 2.45) is 10.9 Å². The lowest BCUT2D eigenvalue weighted by molar-refractivity contribution is -0.114. The number of rotatable bonds is 3. The molecule has 24 heavy (non-hydrogen) atoms. The quantitative estimate of drug-likeness (QED) is 0.256. The Morgan fingerprint density at radius 1 is 0.958 bits per heavy atom. The number of amides is 1. The summed E-state index contributed by atoms with van der Waals surface area (Å²) in [5, 5.41) is 3.04. The molecule has 0 unspecified atom stereocenters. The van der Waals surface area contributed by atoms with Gasteiger partial charge >= 0.3 is 0 Å². The Morgan fingerprint density at radius 3 is 1.96 bits per heavy atom. The van der Waals surface area contributed by atoms with E-state index in [-0.39, 0.29) is 4.90 Å². The Labute approximate surface area is 140 Å². The second-order valence-corrected chi connectivity index (χ2v) is 7.05. The van der Waals surface area contributed by atoms with Gasteiger partial charge in [-0.1, -0.05) is 35.4 Å². The van der Waals surface area contributed by atoms with Crippen molar-refractivity contribution < 1.29 is 13.2 Å². The molecule has 0 aromatic heterocycles. The Kier molecular flexibility index (Phi) is 5.32. The fourth-order valence-corrected chi connectivity index (χ4v) is 3.05. The van der Waals surface area contributed by atoms with Crippen molar-refractivity contribution in [3.63, 3.8) is 0 Å². The molecule has 0 fully saturated rings. The van der Waals surface area contributed by atoms with E-state index in [0.29, 0.717) is 5.69 Å². The normalized spacial score (nSPS) is 11.9. The van der Waals surface area contributed by atoms with Crippen LogP contribution in [0.1, 0.15) is 11.1 Å². The molecule has 2 aromatic carbocycles. The average molecular weight is 346 g/mol. The lowest BCUT2D eigenvalue weighted by atomic mass is 10.2. The van der Waals surface area contributed by atoms with Gasteiger partial charge in [0, 0.05) is 0 Å². The summed E-state index contributed by atoms with van der Waals surface area (Å²) in [4.78, 5) is 11.8. The number of sulfone groups is 1. The molecule has 8 heteroatoms. The van der Waals surface area contributed by atoms with Crippen molar-refractivity contribution in [3.8, 4) is 0 Å². The number of aryl methyl sites for hydroxylation is 2. The van der Waals surface area contributed by atoms with Crippen LogP contribution in [0.15, 0.2) is 58.5 Å². The molecule has 0 bridgehead atoms. The molecule has 1 amide bonds. The van der Waals surface area contributed by atoms with Gasteiger partial charge in [-0.15, -0.1) is 0 Å². The maximum Gasteiger partial charge on any atom is 0.297 e. The molecular formula is C16H18N4O3S. The van der Waals surface area contributed by atoms with Gasteiger partial charge in [0.25, 0.3) is 5.91 Å². The van der Waals surface area contributed by atoms with Crippen molar-refractivity contribution in [2.75, 3.05) is 5.43 Å². The van der Waals surface area contributed by atoms with Crippen LogP contribution in [0.4, 0.5) is 5.69 Å². The van der Waals surface area contributed by atoms with Gasteiger partial charge in [-0.25, -0.2) is 14.3 Å². The summed E-state index contributed by atoms with van der Waals surface area (Å²) in [5.74, 6) is 4.08. The molecule has 0 radical (unpaired) electrons. The highest BCUT2D eigenvalue weighted by atomic mass is 32.2. The lowest BCUT2D eigenvalue weighted by Gasteiger charge is -2.08. The number of nitrogens with two attached hydrogens (primary N) is 1. The first-order chi connectivity index (χ1) is 11.3. The van der Waals surface area contributed by atoms with E-state index in [1.807, 2.05) is 31.4 Å².